The van der Waals surface area contributed by atoms with Crippen LogP contribution in [0.5, 0.6) is 5.75 Å². The number of esters is 1. The molecule has 2 N–H and O–H groups in total. The van der Waals surface area contributed by atoms with Gasteiger partial charge in [0.1, 0.15) is 12.4 Å². The van der Waals surface area contributed by atoms with E-state index in [0.29, 0.717) is 30.2 Å². The molecule has 0 bridgehead atoms. The molecule has 0 unspecified atom stereocenters. The number of aromatic nitrogens is 2. The maximum atomic E-state index is 11.3. The zero-order valence-electron chi connectivity index (χ0n) is 11.8. The number of carbonyl (C=O) groups is 1. The van der Waals surface area contributed by atoms with Crippen LogP contribution >= 0.6 is 0 Å². The van der Waals surface area contributed by atoms with Crippen molar-refractivity contribution in [3.05, 3.63) is 53.6 Å². The second kappa shape index (κ2) is 7.35. The number of hydrogen-bond acceptors (Lipinski definition) is 6. The highest BCUT2D eigenvalue weighted by atomic mass is 16.5. The van der Waals surface area contributed by atoms with Gasteiger partial charge in [0.25, 0.3) is 0 Å². The molecule has 0 aromatic carbocycles. The molecule has 2 aromatic heterocycles. The minimum atomic E-state index is -0.408. The molecule has 0 atom stereocenters. The molecule has 2 heterocycles. The molecule has 2 rings (SSSR count). The minimum absolute atomic E-state index is 0.305. The van der Waals surface area contributed by atoms with Crippen molar-refractivity contribution >= 4 is 5.97 Å². The maximum Gasteiger partial charge on any atom is 0.339 e. The molecule has 0 aliphatic heterocycles. The van der Waals surface area contributed by atoms with Gasteiger partial charge in [-0.3, -0.25) is 9.97 Å². The summed E-state index contributed by atoms with van der Waals surface area (Å²) < 4.78 is 10.2. The van der Waals surface area contributed by atoms with Crippen molar-refractivity contribution in [1.29, 1.82) is 0 Å². The number of ether oxygens (including phenoxy) is 2. The molecule has 2 aromatic rings. The summed E-state index contributed by atoms with van der Waals surface area (Å²) in [6.07, 6.45) is 3.87. The van der Waals surface area contributed by atoms with E-state index in [1.54, 1.807) is 18.3 Å². The first kappa shape index (κ1) is 14.9. The Morgan fingerprint density at radius 1 is 1.14 bits per heavy atom. The van der Waals surface area contributed by atoms with Gasteiger partial charge in [-0.1, -0.05) is 0 Å². The molecule has 0 saturated heterocycles. The summed E-state index contributed by atoms with van der Waals surface area (Å²) in [7, 11) is 1.33. The van der Waals surface area contributed by atoms with E-state index in [1.165, 1.54) is 13.3 Å². The van der Waals surface area contributed by atoms with Gasteiger partial charge in [0.05, 0.1) is 24.6 Å². The Hall–Kier alpha value is -2.47. The van der Waals surface area contributed by atoms with E-state index in [2.05, 4.69) is 14.7 Å². The molecule has 0 aliphatic rings. The first-order valence-electron chi connectivity index (χ1n) is 6.54. The average molecular weight is 287 g/mol. The van der Waals surface area contributed by atoms with Crippen LogP contribution in [0.25, 0.3) is 0 Å². The quantitative estimate of drug-likeness (QED) is 0.807. The van der Waals surface area contributed by atoms with E-state index in [9.17, 15) is 4.79 Å². The Morgan fingerprint density at radius 3 is 2.48 bits per heavy atom. The fourth-order valence-corrected chi connectivity index (χ4v) is 1.70. The normalized spacial score (nSPS) is 10.2. The van der Waals surface area contributed by atoms with E-state index in [-0.39, 0.29) is 0 Å². The lowest BCUT2D eigenvalue weighted by Gasteiger charge is -2.06. The summed E-state index contributed by atoms with van der Waals surface area (Å²) in [5.74, 6) is 0.254. The van der Waals surface area contributed by atoms with E-state index in [0.717, 1.165) is 12.1 Å². The largest absolute Gasteiger partial charge is 0.486 e. The van der Waals surface area contributed by atoms with Crippen molar-refractivity contribution in [3.63, 3.8) is 0 Å². The standard InChI is InChI=1S/C15H17N3O3/c1-20-15(19)11-2-3-13(17-8-11)10-21-14-5-4-12(6-7-16)18-9-14/h2-5,8-9H,6-7,10,16H2,1H3. The van der Waals surface area contributed by atoms with E-state index >= 15 is 0 Å². The highest BCUT2D eigenvalue weighted by molar-refractivity contribution is 5.88. The fourth-order valence-electron chi connectivity index (χ4n) is 1.70. The number of nitrogens with two attached hydrogens (primary N) is 1. The lowest BCUT2D eigenvalue weighted by Crippen LogP contribution is -2.05. The highest BCUT2D eigenvalue weighted by Crippen LogP contribution is 2.12. The smallest absolute Gasteiger partial charge is 0.339 e. The summed E-state index contributed by atoms with van der Waals surface area (Å²) >= 11 is 0. The predicted molar refractivity (Wildman–Crippen MR) is 76.9 cm³/mol. The Morgan fingerprint density at radius 2 is 1.90 bits per heavy atom. The SMILES string of the molecule is COC(=O)c1ccc(COc2ccc(CCN)nc2)nc1. The molecule has 0 radical (unpaired) electrons. The van der Waals surface area contributed by atoms with Gasteiger partial charge in [0, 0.05) is 18.3 Å². The molecule has 0 aliphatic carbocycles. The third kappa shape index (κ3) is 4.25. The number of carbonyl (C=O) groups excluding carboxylic acids is 1. The minimum Gasteiger partial charge on any atom is -0.486 e. The molecular weight excluding hydrogens is 270 g/mol. The van der Waals surface area contributed by atoms with Crippen LogP contribution in [0.15, 0.2) is 36.7 Å². The zero-order valence-corrected chi connectivity index (χ0v) is 11.8. The number of nitrogens with zero attached hydrogens (tertiary/aromatic N) is 2. The number of rotatable bonds is 6. The van der Waals surface area contributed by atoms with Gasteiger partial charge in [-0.05, 0) is 30.8 Å². The van der Waals surface area contributed by atoms with Crippen molar-refractivity contribution < 1.29 is 14.3 Å². The molecular formula is C15H17N3O3. The van der Waals surface area contributed by atoms with Crippen molar-refractivity contribution in [3.8, 4) is 5.75 Å². The molecule has 0 fully saturated rings. The Kier molecular flexibility index (Phi) is 5.22. The lowest BCUT2D eigenvalue weighted by atomic mass is 10.2. The van der Waals surface area contributed by atoms with Crippen LogP contribution in [-0.4, -0.2) is 29.6 Å². The van der Waals surface area contributed by atoms with E-state index < -0.39 is 5.97 Å². The molecule has 6 heteroatoms. The number of pyridine rings is 2. The van der Waals surface area contributed by atoms with Crippen LogP contribution in [0.1, 0.15) is 21.7 Å². The van der Waals surface area contributed by atoms with Crippen molar-refractivity contribution in [2.45, 2.75) is 13.0 Å². The predicted octanol–water partition coefficient (Wildman–Crippen LogP) is 1.34. The van der Waals surface area contributed by atoms with Crippen LogP contribution in [0.2, 0.25) is 0 Å². The topological polar surface area (TPSA) is 87.3 Å². The fraction of sp³-hybridized carbons (Fsp3) is 0.267. The van der Waals surface area contributed by atoms with Crippen LogP contribution in [0.3, 0.4) is 0 Å². The lowest BCUT2D eigenvalue weighted by molar-refractivity contribution is 0.0600. The maximum absolute atomic E-state index is 11.3. The molecule has 0 amide bonds. The first-order chi connectivity index (χ1) is 10.2. The van der Waals surface area contributed by atoms with Gasteiger partial charge in [0.2, 0.25) is 0 Å². The van der Waals surface area contributed by atoms with Gasteiger partial charge in [-0.25, -0.2) is 4.79 Å². The number of hydrogen-bond donors (Lipinski definition) is 1. The molecule has 21 heavy (non-hydrogen) atoms. The summed E-state index contributed by atoms with van der Waals surface area (Å²) in [4.78, 5) is 19.7. The van der Waals surface area contributed by atoms with Gasteiger partial charge < -0.3 is 15.2 Å². The van der Waals surface area contributed by atoms with Crippen LogP contribution in [0, 0.1) is 0 Å². The highest BCUT2D eigenvalue weighted by Gasteiger charge is 2.05. The van der Waals surface area contributed by atoms with Crippen LogP contribution in [-0.2, 0) is 17.8 Å². The second-order valence-electron chi connectivity index (χ2n) is 4.34. The third-order valence-electron chi connectivity index (χ3n) is 2.83. The van der Waals surface area contributed by atoms with Crippen LogP contribution in [0.4, 0.5) is 0 Å². The zero-order chi connectivity index (χ0) is 15.1. The molecule has 110 valence electrons. The Bertz CT molecular complexity index is 582. The van der Waals surface area contributed by atoms with Crippen molar-refractivity contribution in [2.75, 3.05) is 13.7 Å². The van der Waals surface area contributed by atoms with Gasteiger partial charge in [0.15, 0.2) is 0 Å². The number of methoxy groups -OCH3 is 1. The first-order valence-corrected chi connectivity index (χ1v) is 6.54. The molecule has 0 spiro atoms. The van der Waals surface area contributed by atoms with Crippen molar-refractivity contribution in [1.82, 2.24) is 9.97 Å². The molecule has 6 nitrogen and oxygen atoms in total. The summed E-state index contributed by atoms with van der Waals surface area (Å²) in [6, 6.07) is 7.11. The third-order valence-corrected chi connectivity index (χ3v) is 2.83. The van der Waals surface area contributed by atoms with Crippen molar-refractivity contribution in [2.24, 2.45) is 5.73 Å². The molecule has 0 saturated carbocycles. The van der Waals surface area contributed by atoms with Gasteiger partial charge in [-0.2, -0.15) is 0 Å². The van der Waals surface area contributed by atoms with E-state index in [4.69, 9.17) is 10.5 Å². The average Bonchev–Trinajstić information content (AvgIpc) is 2.54. The van der Waals surface area contributed by atoms with Gasteiger partial charge in [-0.15, -0.1) is 0 Å². The van der Waals surface area contributed by atoms with E-state index in [1.807, 2.05) is 12.1 Å². The summed E-state index contributed by atoms with van der Waals surface area (Å²) in [5.41, 5.74) is 7.53. The Balaban J connectivity index is 1.91. The summed E-state index contributed by atoms with van der Waals surface area (Å²) in [5, 5.41) is 0. The second-order valence-corrected chi connectivity index (χ2v) is 4.34. The Labute approximate surface area is 122 Å². The van der Waals surface area contributed by atoms with Gasteiger partial charge >= 0.3 is 5.97 Å². The summed E-state index contributed by atoms with van der Waals surface area (Å²) in [6.45, 7) is 0.878. The monoisotopic (exact) mass is 287 g/mol. The van der Waals surface area contributed by atoms with Crippen LogP contribution < -0.4 is 10.5 Å².